The summed E-state index contributed by atoms with van der Waals surface area (Å²) >= 11 is 0. The van der Waals surface area contributed by atoms with Crippen molar-refractivity contribution >= 4 is 23.5 Å². The number of nitrogens with zero attached hydrogens (tertiary/aromatic N) is 1. The Bertz CT molecular complexity index is 1180. The van der Waals surface area contributed by atoms with E-state index in [9.17, 15) is 28.0 Å². The molecule has 0 saturated heterocycles. The number of nitrogens with one attached hydrogen (secondary N) is 3. The first-order valence-electron chi connectivity index (χ1n) is 14.5. The molecule has 41 heavy (non-hydrogen) atoms. The molecule has 4 rings (SSSR count). The average Bonchev–Trinajstić information content (AvgIpc) is 2.99. The van der Waals surface area contributed by atoms with Gasteiger partial charge < -0.3 is 16.0 Å². The van der Waals surface area contributed by atoms with Crippen molar-refractivity contribution in [2.75, 3.05) is 0 Å². The average molecular weight is 569 g/mol. The SMILES string of the molecule is O=C(NCc1ccccn1)C(=O)[C@@H](Cc1ccccc1)NC(=O)[C@H](NC(=O)C1CCC(F)(F)CC1)C1CCCCC1. The fraction of sp³-hybridized carbons (Fsp3) is 0.516. The van der Waals surface area contributed by atoms with Gasteiger partial charge in [0, 0.05) is 31.4 Å². The summed E-state index contributed by atoms with van der Waals surface area (Å²) in [5.74, 6) is -6.11. The molecule has 2 fully saturated rings. The Morgan fingerprint density at radius 1 is 0.878 bits per heavy atom. The summed E-state index contributed by atoms with van der Waals surface area (Å²) < 4.78 is 27.3. The fourth-order valence-corrected chi connectivity index (χ4v) is 5.68. The summed E-state index contributed by atoms with van der Waals surface area (Å²) in [6.45, 7) is 0.0542. The lowest BCUT2D eigenvalue weighted by Gasteiger charge is -2.33. The smallest absolute Gasteiger partial charge is 0.289 e. The lowest BCUT2D eigenvalue weighted by Crippen LogP contribution is -2.57. The van der Waals surface area contributed by atoms with Gasteiger partial charge in [-0.15, -0.1) is 0 Å². The van der Waals surface area contributed by atoms with Gasteiger partial charge in [0.05, 0.1) is 12.2 Å². The minimum absolute atomic E-state index is 0.0542. The number of rotatable bonds is 11. The zero-order valence-electron chi connectivity index (χ0n) is 23.1. The number of alkyl halides is 2. The van der Waals surface area contributed by atoms with Gasteiger partial charge in [0.15, 0.2) is 0 Å². The molecule has 2 saturated carbocycles. The second-order valence-electron chi connectivity index (χ2n) is 11.1. The number of hydrogen-bond acceptors (Lipinski definition) is 5. The third kappa shape index (κ3) is 8.90. The van der Waals surface area contributed by atoms with Crippen molar-refractivity contribution in [1.82, 2.24) is 20.9 Å². The zero-order chi connectivity index (χ0) is 29.2. The maximum atomic E-state index is 13.7. The number of hydrogen-bond donors (Lipinski definition) is 3. The molecule has 2 aromatic rings. The van der Waals surface area contributed by atoms with Crippen LogP contribution < -0.4 is 16.0 Å². The van der Waals surface area contributed by atoms with Crippen molar-refractivity contribution in [3.05, 3.63) is 66.0 Å². The number of halogens is 2. The van der Waals surface area contributed by atoms with Gasteiger partial charge >= 0.3 is 0 Å². The molecule has 0 aliphatic heterocycles. The third-order valence-electron chi connectivity index (χ3n) is 8.09. The molecule has 2 aliphatic carbocycles. The molecule has 3 N–H and O–H groups in total. The molecule has 1 aromatic carbocycles. The van der Waals surface area contributed by atoms with Crippen LogP contribution in [0.3, 0.4) is 0 Å². The highest BCUT2D eigenvalue weighted by Gasteiger charge is 2.40. The molecule has 220 valence electrons. The van der Waals surface area contributed by atoms with Gasteiger partial charge in [-0.3, -0.25) is 24.2 Å². The predicted octanol–water partition coefficient (Wildman–Crippen LogP) is 3.89. The Hall–Kier alpha value is -3.69. The number of pyridine rings is 1. The van der Waals surface area contributed by atoms with Crippen LogP contribution in [-0.2, 0) is 32.1 Å². The molecular weight excluding hydrogens is 530 g/mol. The van der Waals surface area contributed by atoms with Crippen LogP contribution in [0, 0.1) is 11.8 Å². The molecule has 0 unspecified atom stereocenters. The van der Waals surface area contributed by atoms with Gasteiger partial charge in [0.2, 0.25) is 23.5 Å². The van der Waals surface area contributed by atoms with Gasteiger partial charge in [-0.1, -0.05) is 55.7 Å². The van der Waals surface area contributed by atoms with Crippen LogP contribution >= 0.6 is 0 Å². The molecular formula is C31H38F2N4O4. The summed E-state index contributed by atoms with van der Waals surface area (Å²) in [6.07, 6.45) is 5.37. The number of benzene rings is 1. The molecule has 0 spiro atoms. The third-order valence-corrected chi connectivity index (χ3v) is 8.09. The molecule has 8 nitrogen and oxygen atoms in total. The number of carbonyl (C=O) groups excluding carboxylic acids is 4. The van der Waals surface area contributed by atoms with Gasteiger partial charge in [0.25, 0.3) is 5.91 Å². The molecule has 2 atom stereocenters. The number of aromatic nitrogens is 1. The van der Waals surface area contributed by atoms with Gasteiger partial charge in [-0.2, -0.15) is 0 Å². The van der Waals surface area contributed by atoms with Crippen LogP contribution in [0.25, 0.3) is 0 Å². The predicted molar refractivity (Wildman–Crippen MR) is 149 cm³/mol. The van der Waals surface area contributed by atoms with E-state index in [1.165, 1.54) is 0 Å². The van der Waals surface area contributed by atoms with Gasteiger partial charge in [-0.25, -0.2) is 8.78 Å². The normalized spacial score (nSPS) is 19.0. The molecule has 3 amide bonds. The van der Waals surface area contributed by atoms with Crippen LogP contribution in [0.15, 0.2) is 54.7 Å². The Kier molecular flexibility index (Phi) is 10.5. The minimum atomic E-state index is -2.76. The van der Waals surface area contributed by atoms with E-state index in [2.05, 4.69) is 20.9 Å². The monoisotopic (exact) mass is 568 g/mol. The van der Waals surface area contributed by atoms with Crippen LogP contribution in [0.4, 0.5) is 8.78 Å². The Morgan fingerprint density at radius 2 is 1.56 bits per heavy atom. The van der Waals surface area contributed by atoms with E-state index in [4.69, 9.17) is 0 Å². The van der Waals surface area contributed by atoms with Crippen molar-refractivity contribution < 1.29 is 28.0 Å². The maximum Gasteiger partial charge on any atom is 0.289 e. The minimum Gasteiger partial charge on any atom is -0.344 e. The standard InChI is InChI=1S/C31H38F2N4O4/c32-31(33)16-14-23(15-17-31)28(39)37-26(22-11-5-2-6-12-22)29(40)36-25(19-21-9-3-1-4-10-21)27(38)30(41)35-20-24-13-7-8-18-34-24/h1,3-4,7-10,13,18,22-23,25-26H,2,5-6,11-12,14-17,19-20H2,(H,35,41)(H,36,40)(H,37,39)/t25-,26-/m1/s1. The fourth-order valence-electron chi connectivity index (χ4n) is 5.68. The number of Topliss-reactive ketones (excluding diaryl/α,β-unsaturated/α-hetero) is 1. The lowest BCUT2D eigenvalue weighted by molar-refractivity contribution is -0.141. The number of ketones is 1. The molecule has 1 heterocycles. The summed E-state index contributed by atoms with van der Waals surface area (Å²) in [5.41, 5.74) is 1.34. The van der Waals surface area contributed by atoms with E-state index in [0.717, 1.165) is 37.7 Å². The quantitative estimate of drug-likeness (QED) is 0.356. The van der Waals surface area contributed by atoms with Crippen molar-refractivity contribution in [3.63, 3.8) is 0 Å². The maximum absolute atomic E-state index is 13.7. The highest BCUT2D eigenvalue weighted by molar-refractivity contribution is 6.38. The largest absolute Gasteiger partial charge is 0.344 e. The summed E-state index contributed by atoms with van der Waals surface area (Å²) in [4.78, 5) is 57.2. The molecule has 2 aliphatic rings. The van der Waals surface area contributed by atoms with Gasteiger partial charge in [0.1, 0.15) is 12.1 Å². The van der Waals surface area contributed by atoms with E-state index in [1.807, 2.05) is 6.07 Å². The first-order valence-corrected chi connectivity index (χ1v) is 14.5. The van der Waals surface area contributed by atoms with Crippen LogP contribution in [0.1, 0.15) is 69.0 Å². The van der Waals surface area contributed by atoms with E-state index in [1.54, 1.807) is 48.7 Å². The molecule has 10 heteroatoms. The second kappa shape index (κ2) is 14.3. The van der Waals surface area contributed by atoms with E-state index >= 15 is 0 Å². The summed E-state index contributed by atoms with van der Waals surface area (Å²) in [6, 6.07) is 12.2. The number of carbonyl (C=O) groups is 4. The molecule has 1 aromatic heterocycles. The highest BCUT2D eigenvalue weighted by atomic mass is 19.3. The van der Waals surface area contributed by atoms with Crippen molar-refractivity contribution in [2.24, 2.45) is 11.8 Å². The number of amides is 3. The first kappa shape index (κ1) is 30.3. The van der Waals surface area contributed by atoms with Crippen LogP contribution in [-0.4, -0.2) is 46.5 Å². The second-order valence-corrected chi connectivity index (χ2v) is 11.1. The first-order chi connectivity index (χ1) is 19.7. The van der Waals surface area contributed by atoms with E-state index in [0.29, 0.717) is 5.69 Å². The van der Waals surface area contributed by atoms with Crippen LogP contribution in [0.5, 0.6) is 0 Å². The van der Waals surface area contributed by atoms with E-state index < -0.39 is 47.4 Å². The lowest BCUT2D eigenvalue weighted by atomic mass is 9.82. The van der Waals surface area contributed by atoms with Crippen LogP contribution in [0.2, 0.25) is 0 Å². The Balaban J connectivity index is 1.48. The van der Waals surface area contributed by atoms with Gasteiger partial charge in [-0.05, 0) is 49.3 Å². The molecule has 0 radical (unpaired) electrons. The van der Waals surface area contributed by atoms with Crippen molar-refractivity contribution in [1.29, 1.82) is 0 Å². The van der Waals surface area contributed by atoms with E-state index in [-0.39, 0.29) is 44.6 Å². The van der Waals surface area contributed by atoms with Crippen molar-refractivity contribution in [2.45, 2.75) is 88.8 Å². The summed E-state index contributed by atoms with van der Waals surface area (Å²) in [5, 5.41) is 8.19. The Morgan fingerprint density at radius 3 is 2.22 bits per heavy atom. The summed E-state index contributed by atoms with van der Waals surface area (Å²) in [7, 11) is 0. The molecule has 0 bridgehead atoms. The highest BCUT2D eigenvalue weighted by Crippen LogP contribution is 2.36. The van der Waals surface area contributed by atoms with Crippen molar-refractivity contribution in [3.8, 4) is 0 Å². The zero-order valence-corrected chi connectivity index (χ0v) is 23.1. The Labute approximate surface area is 239 Å². The topological polar surface area (TPSA) is 117 Å².